The van der Waals surface area contributed by atoms with Gasteiger partial charge in [0.25, 0.3) is 10.0 Å². The molecule has 1 amide bonds. The SMILES string of the molecule is Cc1ccc(S(=O)(=O)N(C)c2ccc(CC(=O)NC(c3ccccc3)c3ccccc3)cc2)cc1. The summed E-state index contributed by atoms with van der Waals surface area (Å²) in [6.45, 7) is 1.91. The van der Waals surface area contributed by atoms with Crippen molar-refractivity contribution >= 4 is 21.6 Å². The van der Waals surface area contributed by atoms with Crippen LogP contribution in [0.5, 0.6) is 0 Å². The lowest BCUT2D eigenvalue weighted by atomic mass is 9.98. The van der Waals surface area contributed by atoms with E-state index < -0.39 is 10.0 Å². The summed E-state index contributed by atoms with van der Waals surface area (Å²) in [5.74, 6) is -0.115. The fourth-order valence-electron chi connectivity index (χ4n) is 3.88. The third-order valence-electron chi connectivity index (χ3n) is 5.92. The van der Waals surface area contributed by atoms with E-state index in [4.69, 9.17) is 0 Å². The van der Waals surface area contributed by atoms with Gasteiger partial charge in [-0.05, 0) is 47.9 Å². The molecule has 0 radical (unpaired) electrons. The molecule has 0 heterocycles. The largest absolute Gasteiger partial charge is 0.345 e. The zero-order valence-electron chi connectivity index (χ0n) is 19.8. The number of amides is 1. The van der Waals surface area contributed by atoms with E-state index in [9.17, 15) is 13.2 Å². The van der Waals surface area contributed by atoms with Gasteiger partial charge in [0, 0.05) is 7.05 Å². The molecule has 0 spiro atoms. The van der Waals surface area contributed by atoms with Gasteiger partial charge >= 0.3 is 0 Å². The second-order valence-corrected chi connectivity index (χ2v) is 10.4. The van der Waals surface area contributed by atoms with E-state index >= 15 is 0 Å². The zero-order chi connectivity index (χ0) is 24.8. The van der Waals surface area contributed by atoms with Crippen molar-refractivity contribution in [2.75, 3.05) is 11.4 Å². The molecule has 0 saturated carbocycles. The monoisotopic (exact) mass is 484 g/mol. The molecular formula is C29H28N2O3S. The van der Waals surface area contributed by atoms with Gasteiger partial charge in [-0.3, -0.25) is 9.10 Å². The Morgan fingerprint density at radius 3 is 1.80 bits per heavy atom. The lowest BCUT2D eigenvalue weighted by Crippen LogP contribution is -2.30. The van der Waals surface area contributed by atoms with Crippen molar-refractivity contribution in [2.24, 2.45) is 0 Å². The number of anilines is 1. The van der Waals surface area contributed by atoms with Crippen LogP contribution < -0.4 is 9.62 Å². The Labute approximate surface area is 207 Å². The minimum absolute atomic E-state index is 0.115. The van der Waals surface area contributed by atoms with Crippen molar-refractivity contribution in [3.05, 3.63) is 131 Å². The molecule has 0 fully saturated rings. The van der Waals surface area contributed by atoms with E-state index in [2.05, 4.69) is 5.32 Å². The van der Waals surface area contributed by atoms with E-state index in [1.54, 1.807) is 48.5 Å². The number of benzene rings is 4. The molecule has 0 saturated heterocycles. The first-order valence-electron chi connectivity index (χ1n) is 11.4. The summed E-state index contributed by atoms with van der Waals surface area (Å²) < 4.78 is 27.2. The molecule has 4 rings (SSSR count). The third kappa shape index (κ3) is 5.78. The lowest BCUT2D eigenvalue weighted by Gasteiger charge is -2.21. The van der Waals surface area contributed by atoms with Gasteiger partial charge in [0.15, 0.2) is 0 Å². The number of hydrogen-bond acceptors (Lipinski definition) is 3. The first-order chi connectivity index (χ1) is 16.8. The van der Waals surface area contributed by atoms with Gasteiger partial charge in [-0.1, -0.05) is 90.5 Å². The van der Waals surface area contributed by atoms with E-state index in [0.29, 0.717) is 5.69 Å². The predicted molar refractivity (Wildman–Crippen MR) is 140 cm³/mol. The number of rotatable bonds is 8. The average Bonchev–Trinajstić information content (AvgIpc) is 2.88. The van der Waals surface area contributed by atoms with E-state index in [1.165, 1.54) is 11.4 Å². The Hall–Kier alpha value is -3.90. The summed E-state index contributed by atoms with van der Waals surface area (Å²) in [6.07, 6.45) is 0.185. The molecule has 4 aromatic carbocycles. The molecule has 0 aliphatic carbocycles. The fraction of sp³-hybridized carbons (Fsp3) is 0.138. The topological polar surface area (TPSA) is 66.5 Å². The van der Waals surface area contributed by atoms with Gasteiger partial charge in [0.1, 0.15) is 0 Å². The van der Waals surface area contributed by atoms with Crippen molar-refractivity contribution in [2.45, 2.75) is 24.3 Å². The summed E-state index contributed by atoms with van der Waals surface area (Å²) in [6, 6.07) is 33.2. The second-order valence-electron chi connectivity index (χ2n) is 8.45. The Balaban J connectivity index is 1.47. The molecule has 178 valence electrons. The zero-order valence-corrected chi connectivity index (χ0v) is 20.6. The van der Waals surface area contributed by atoms with Crippen LogP contribution in [0.3, 0.4) is 0 Å². The van der Waals surface area contributed by atoms with Crippen LogP contribution in [0.4, 0.5) is 5.69 Å². The summed E-state index contributed by atoms with van der Waals surface area (Å²) in [5, 5.41) is 3.14. The highest BCUT2D eigenvalue weighted by Crippen LogP contribution is 2.24. The number of nitrogens with one attached hydrogen (secondary N) is 1. The van der Waals surface area contributed by atoms with Crippen molar-refractivity contribution in [1.29, 1.82) is 0 Å². The van der Waals surface area contributed by atoms with Crippen LogP contribution in [0.15, 0.2) is 114 Å². The van der Waals surface area contributed by atoms with Crippen LogP contribution in [0.2, 0.25) is 0 Å². The smallest absolute Gasteiger partial charge is 0.264 e. The highest BCUT2D eigenvalue weighted by molar-refractivity contribution is 7.92. The van der Waals surface area contributed by atoms with Crippen LogP contribution >= 0.6 is 0 Å². The molecule has 0 bridgehead atoms. The maximum absolute atomic E-state index is 13.0. The molecule has 5 nitrogen and oxygen atoms in total. The molecular weight excluding hydrogens is 456 g/mol. The standard InChI is InChI=1S/C29H28N2O3S/c1-22-13-19-27(20-14-22)35(33,34)31(2)26-17-15-23(16-18-26)21-28(32)30-29(24-9-5-3-6-10-24)25-11-7-4-8-12-25/h3-20,29H,21H2,1-2H3,(H,30,32). The second kappa shape index (κ2) is 10.6. The number of nitrogens with zero attached hydrogens (tertiary/aromatic N) is 1. The molecule has 4 aromatic rings. The number of sulfonamides is 1. The van der Waals surface area contributed by atoms with Crippen LogP contribution in [-0.4, -0.2) is 21.4 Å². The van der Waals surface area contributed by atoms with Gasteiger partial charge in [0.05, 0.1) is 23.0 Å². The first kappa shape index (κ1) is 24.2. The van der Waals surface area contributed by atoms with Crippen molar-refractivity contribution < 1.29 is 13.2 Å². The van der Waals surface area contributed by atoms with Gasteiger partial charge in [-0.15, -0.1) is 0 Å². The summed E-state index contributed by atoms with van der Waals surface area (Å²) in [5.41, 5.74) is 4.33. The van der Waals surface area contributed by atoms with Crippen molar-refractivity contribution in [3.63, 3.8) is 0 Å². The highest BCUT2D eigenvalue weighted by atomic mass is 32.2. The Bertz CT molecular complexity index is 1330. The van der Waals surface area contributed by atoms with E-state index in [1.807, 2.05) is 67.6 Å². The normalized spacial score (nSPS) is 11.3. The molecule has 0 unspecified atom stereocenters. The maximum Gasteiger partial charge on any atom is 0.264 e. The summed E-state index contributed by atoms with van der Waals surface area (Å²) >= 11 is 0. The molecule has 35 heavy (non-hydrogen) atoms. The fourth-order valence-corrected chi connectivity index (χ4v) is 5.07. The third-order valence-corrected chi connectivity index (χ3v) is 7.71. The summed E-state index contributed by atoms with van der Waals surface area (Å²) in [7, 11) is -2.14. The minimum atomic E-state index is -3.67. The average molecular weight is 485 g/mol. The van der Waals surface area contributed by atoms with E-state index in [0.717, 1.165) is 22.3 Å². The van der Waals surface area contributed by atoms with Crippen LogP contribution in [0.25, 0.3) is 0 Å². The first-order valence-corrected chi connectivity index (χ1v) is 12.8. The number of hydrogen-bond donors (Lipinski definition) is 1. The van der Waals surface area contributed by atoms with Gasteiger partial charge in [-0.25, -0.2) is 8.42 Å². The van der Waals surface area contributed by atoms with Gasteiger partial charge in [-0.2, -0.15) is 0 Å². The Kier molecular flexibility index (Phi) is 7.32. The van der Waals surface area contributed by atoms with Crippen LogP contribution in [-0.2, 0) is 21.2 Å². The molecule has 0 aliphatic rings. The predicted octanol–water partition coefficient (Wildman–Crippen LogP) is 5.27. The summed E-state index contributed by atoms with van der Waals surface area (Å²) in [4.78, 5) is 13.2. The van der Waals surface area contributed by atoms with Crippen molar-refractivity contribution in [3.8, 4) is 0 Å². The number of aryl methyl sites for hydroxylation is 1. The molecule has 6 heteroatoms. The molecule has 0 aliphatic heterocycles. The van der Waals surface area contributed by atoms with Gasteiger partial charge in [0.2, 0.25) is 5.91 Å². The van der Waals surface area contributed by atoms with Gasteiger partial charge < -0.3 is 5.32 Å². The quantitative estimate of drug-likeness (QED) is 0.371. The van der Waals surface area contributed by atoms with Crippen LogP contribution in [0.1, 0.15) is 28.3 Å². The number of carbonyl (C=O) groups excluding carboxylic acids is 1. The maximum atomic E-state index is 13.0. The highest BCUT2D eigenvalue weighted by Gasteiger charge is 2.21. The minimum Gasteiger partial charge on any atom is -0.345 e. The number of carbonyl (C=O) groups is 1. The molecule has 0 atom stereocenters. The lowest BCUT2D eigenvalue weighted by molar-refractivity contribution is -0.120. The Morgan fingerprint density at radius 2 is 1.29 bits per heavy atom. The molecule has 1 N–H and O–H groups in total. The van der Waals surface area contributed by atoms with E-state index in [-0.39, 0.29) is 23.3 Å². The Morgan fingerprint density at radius 1 is 0.771 bits per heavy atom. The molecule has 0 aromatic heterocycles. The van der Waals surface area contributed by atoms with Crippen LogP contribution in [0, 0.1) is 6.92 Å². The van der Waals surface area contributed by atoms with Crippen molar-refractivity contribution in [1.82, 2.24) is 5.32 Å².